The van der Waals surface area contributed by atoms with Crippen molar-refractivity contribution >= 4 is 5.91 Å². The maximum absolute atomic E-state index is 13.7. The van der Waals surface area contributed by atoms with Crippen molar-refractivity contribution in [3.05, 3.63) is 71.0 Å². The summed E-state index contributed by atoms with van der Waals surface area (Å²) in [5, 5.41) is 2.83. The molecule has 0 bridgehead atoms. The minimum atomic E-state index is -0.398. The molecule has 0 saturated heterocycles. The van der Waals surface area contributed by atoms with Crippen LogP contribution >= 0.6 is 0 Å². The summed E-state index contributed by atoms with van der Waals surface area (Å²) in [4.78, 5) is 12.4. The fourth-order valence-corrected chi connectivity index (χ4v) is 2.29. The molecule has 1 unspecified atom stereocenters. The van der Waals surface area contributed by atoms with Gasteiger partial charge in [0.15, 0.2) is 0 Å². The summed E-state index contributed by atoms with van der Waals surface area (Å²) in [5.74, 6) is -0.532. The van der Waals surface area contributed by atoms with Crippen LogP contribution in [0.15, 0.2) is 48.5 Å². The molecule has 3 nitrogen and oxygen atoms in total. The highest BCUT2D eigenvalue weighted by molar-refractivity contribution is 5.95. The average molecular weight is 286 g/mol. The van der Waals surface area contributed by atoms with Crippen LogP contribution in [0.4, 0.5) is 4.39 Å². The van der Waals surface area contributed by atoms with Crippen LogP contribution < -0.4 is 11.1 Å². The molecule has 0 radical (unpaired) electrons. The summed E-state index contributed by atoms with van der Waals surface area (Å²) >= 11 is 0. The normalized spacial score (nSPS) is 12.0. The molecule has 0 spiro atoms. The molecule has 110 valence electrons. The molecule has 0 heterocycles. The number of benzene rings is 2. The summed E-state index contributed by atoms with van der Waals surface area (Å²) in [7, 11) is 0. The van der Waals surface area contributed by atoms with Gasteiger partial charge in [0.25, 0.3) is 5.91 Å². The standard InChI is InChI=1S/C17H19FN2O/c1-12(14-7-4-5-9-16(14)18)20-17(21)15-8-3-2-6-13(15)10-11-19/h2-9,12H,10-11,19H2,1H3,(H,20,21). The van der Waals surface area contributed by atoms with Gasteiger partial charge in [-0.05, 0) is 37.6 Å². The van der Waals surface area contributed by atoms with E-state index in [1.165, 1.54) is 6.07 Å². The smallest absolute Gasteiger partial charge is 0.252 e. The fourth-order valence-electron chi connectivity index (χ4n) is 2.29. The molecule has 2 aromatic carbocycles. The lowest BCUT2D eigenvalue weighted by Gasteiger charge is -2.16. The molecule has 1 atom stereocenters. The van der Waals surface area contributed by atoms with Gasteiger partial charge in [0.1, 0.15) is 5.82 Å². The van der Waals surface area contributed by atoms with E-state index >= 15 is 0 Å². The lowest BCUT2D eigenvalue weighted by atomic mass is 10.0. The number of nitrogens with two attached hydrogens (primary N) is 1. The van der Waals surface area contributed by atoms with Gasteiger partial charge < -0.3 is 11.1 Å². The summed E-state index contributed by atoms with van der Waals surface area (Å²) in [6.07, 6.45) is 0.637. The molecule has 0 aliphatic carbocycles. The van der Waals surface area contributed by atoms with Crippen molar-refractivity contribution in [2.24, 2.45) is 5.73 Å². The average Bonchev–Trinajstić information content (AvgIpc) is 2.48. The maximum atomic E-state index is 13.7. The Morgan fingerprint density at radius 3 is 2.57 bits per heavy atom. The van der Waals surface area contributed by atoms with E-state index in [0.29, 0.717) is 24.1 Å². The summed E-state index contributed by atoms with van der Waals surface area (Å²) in [6, 6.07) is 13.4. The third-order valence-corrected chi connectivity index (χ3v) is 3.39. The fraction of sp³-hybridized carbons (Fsp3) is 0.235. The minimum absolute atomic E-state index is 0.213. The van der Waals surface area contributed by atoms with Crippen LogP contribution in [0.5, 0.6) is 0 Å². The van der Waals surface area contributed by atoms with Gasteiger partial charge in [-0.25, -0.2) is 4.39 Å². The molecule has 0 aliphatic heterocycles. The van der Waals surface area contributed by atoms with Crippen LogP contribution in [-0.4, -0.2) is 12.5 Å². The second kappa shape index (κ2) is 6.99. The lowest BCUT2D eigenvalue weighted by molar-refractivity contribution is 0.0938. The topological polar surface area (TPSA) is 55.1 Å². The Kier molecular flexibility index (Phi) is 5.06. The van der Waals surface area contributed by atoms with Crippen molar-refractivity contribution in [2.45, 2.75) is 19.4 Å². The molecule has 21 heavy (non-hydrogen) atoms. The van der Waals surface area contributed by atoms with Gasteiger partial charge in [0, 0.05) is 11.1 Å². The van der Waals surface area contributed by atoms with Gasteiger partial charge in [-0.2, -0.15) is 0 Å². The van der Waals surface area contributed by atoms with E-state index in [2.05, 4.69) is 5.32 Å². The number of carbonyl (C=O) groups is 1. The number of hydrogen-bond donors (Lipinski definition) is 2. The molecule has 0 saturated carbocycles. The lowest BCUT2D eigenvalue weighted by Crippen LogP contribution is -2.28. The minimum Gasteiger partial charge on any atom is -0.345 e. The van der Waals surface area contributed by atoms with E-state index in [4.69, 9.17) is 5.73 Å². The maximum Gasteiger partial charge on any atom is 0.252 e. The Labute approximate surface area is 124 Å². The zero-order valence-corrected chi connectivity index (χ0v) is 12.0. The number of carbonyl (C=O) groups excluding carboxylic acids is 1. The monoisotopic (exact) mass is 286 g/mol. The van der Waals surface area contributed by atoms with Gasteiger partial charge in [-0.3, -0.25) is 4.79 Å². The summed E-state index contributed by atoms with van der Waals surface area (Å²) in [5.41, 5.74) is 7.52. The molecular weight excluding hydrogens is 267 g/mol. The number of rotatable bonds is 5. The third kappa shape index (κ3) is 3.67. The highest BCUT2D eigenvalue weighted by Gasteiger charge is 2.16. The third-order valence-electron chi connectivity index (χ3n) is 3.39. The van der Waals surface area contributed by atoms with Gasteiger partial charge in [0.2, 0.25) is 0 Å². The van der Waals surface area contributed by atoms with Crippen molar-refractivity contribution in [2.75, 3.05) is 6.54 Å². The zero-order chi connectivity index (χ0) is 15.2. The van der Waals surface area contributed by atoms with E-state index in [-0.39, 0.29) is 11.7 Å². The first kappa shape index (κ1) is 15.2. The van der Waals surface area contributed by atoms with Gasteiger partial charge >= 0.3 is 0 Å². The Balaban J connectivity index is 2.17. The van der Waals surface area contributed by atoms with Crippen molar-refractivity contribution in [1.29, 1.82) is 0 Å². The first-order valence-corrected chi connectivity index (χ1v) is 6.96. The highest BCUT2D eigenvalue weighted by Crippen LogP contribution is 2.17. The number of amides is 1. The van der Waals surface area contributed by atoms with Gasteiger partial charge in [0.05, 0.1) is 6.04 Å². The van der Waals surface area contributed by atoms with E-state index in [1.54, 1.807) is 31.2 Å². The van der Waals surface area contributed by atoms with E-state index in [9.17, 15) is 9.18 Å². The van der Waals surface area contributed by atoms with Crippen molar-refractivity contribution in [3.63, 3.8) is 0 Å². The first-order valence-electron chi connectivity index (χ1n) is 6.96. The Morgan fingerprint density at radius 1 is 1.19 bits per heavy atom. The zero-order valence-electron chi connectivity index (χ0n) is 12.0. The van der Waals surface area contributed by atoms with E-state index in [1.807, 2.05) is 18.2 Å². The highest BCUT2D eigenvalue weighted by atomic mass is 19.1. The quantitative estimate of drug-likeness (QED) is 0.888. The SMILES string of the molecule is CC(NC(=O)c1ccccc1CCN)c1ccccc1F. The second-order valence-corrected chi connectivity index (χ2v) is 4.91. The molecule has 4 heteroatoms. The molecule has 3 N–H and O–H groups in total. The molecule has 2 rings (SSSR count). The summed E-state index contributed by atoms with van der Waals surface area (Å²) < 4.78 is 13.7. The largest absolute Gasteiger partial charge is 0.345 e. The van der Waals surface area contributed by atoms with Crippen molar-refractivity contribution < 1.29 is 9.18 Å². The second-order valence-electron chi connectivity index (χ2n) is 4.91. The molecule has 0 aromatic heterocycles. The Bertz CT molecular complexity index is 628. The summed E-state index contributed by atoms with van der Waals surface area (Å²) in [6.45, 7) is 2.25. The Morgan fingerprint density at radius 2 is 1.86 bits per heavy atom. The van der Waals surface area contributed by atoms with Crippen LogP contribution in [0.3, 0.4) is 0 Å². The molecular formula is C17H19FN2O. The van der Waals surface area contributed by atoms with E-state index in [0.717, 1.165) is 5.56 Å². The Hall–Kier alpha value is -2.20. The first-order chi connectivity index (χ1) is 10.1. The molecule has 2 aromatic rings. The van der Waals surface area contributed by atoms with Crippen LogP contribution in [0.2, 0.25) is 0 Å². The van der Waals surface area contributed by atoms with Gasteiger partial charge in [-0.15, -0.1) is 0 Å². The molecule has 0 aliphatic rings. The van der Waals surface area contributed by atoms with Crippen LogP contribution in [0, 0.1) is 5.82 Å². The number of hydrogen-bond acceptors (Lipinski definition) is 2. The van der Waals surface area contributed by atoms with Gasteiger partial charge in [-0.1, -0.05) is 36.4 Å². The number of nitrogens with one attached hydrogen (secondary N) is 1. The molecule has 0 fully saturated rings. The number of halogens is 1. The van der Waals surface area contributed by atoms with Crippen LogP contribution in [0.1, 0.15) is 34.5 Å². The predicted octanol–water partition coefficient (Wildman–Crippen LogP) is 2.82. The van der Waals surface area contributed by atoms with Crippen LogP contribution in [-0.2, 0) is 6.42 Å². The molecule has 1 amide bonds. The van der Waals surface area contributed by atoms with E-state index < -0.39 is 6.04 Å². The van der Waals surface area contributed by atoms with Crippen LogP contribution in [0.25, 0.3) is 0 Å². The van der Waals surface area contributed by atoms with Crippen molar-refractivity contribution in [3.8, 4) is 0 Å². The van der Waals surface area contributed by atoms with Crippen molar-refractivity contribution in [1.82, 2.24) is 5.32 Å². The predicted molar refractivity (Wildman–Crippen MR) is 81.5 cm³/mol.